The molecule has 0 aromatic rings. The molecule has 0 aliphatic carbocycles. The molecule has 15 heavy (non-hydrogen) atoms. The van der Waals surface area contributed by atoms with Crippen molar-refractivity contribution in [3.63, 3.8) is 0 Å². The number of nitrogens with two attached hydrogens (primary N) is 1. The van der Waals surface area contributed by atoms with Crippen LogP contribution in [-0.4, -0.2) is 37.3 Å². The molecule has 1 fully saturated rings. The summed E-state index contributed by atoms with van der Waals surface area (Å²) < 4.78 is 12.8. The van der Waals surface area contributed by atoms with E-state index in [2.05, 4.69) is 4.90 Å². The third kappa shape index (κ3) is 6.10. The van der Waals surface area contributed by atoms with Crippen molar-refractivity contribution in [2.75, 3.05) is 26.2 Å². The van der Waals surface area contributed by atoms with E-state index in [-0.39, 0.29) is 0 Å². The van der Waals surface area contributed by atoms with Gasteiger partial charge in [0.25, 0.3) is 0 Å². The molecule has 0 saturated carbocycles. The Balaban J connectivity index is 1.87. The van der Waals surface area contributed by atoms with Gasteiger partial charge in [-0.15, -0.1) is 0 Å². The number of piperidine rings is 1. The smallest absolute Gasteiger partial charge is 0.103 e. The molecule has 0 radical (unpaired) electrons. The lowest BCUT2D eigenvalue weighted by Gasteiger charge is -2.28. The number of likely N-dealkylation sites (tertiary alicyclic amines) is 1. The Morgan fingerprint density at radius 3 is 2.27 bits per heavy atom. The minimum Gasteiger partial charge on any atom is -0.330 e. The van der Waals surface area contributed by atoms with Crippen molar-refractivity contribution < 1.29 is 4.39 Å². The number of alkyl halides is 1. The molecule has 0 aromatic carbocycles. The number of halogens is 1. The van der Waals surface area contributed by atoms with Gasteiger partial charge in [-0.3, -0.25) is 0 Å². The average Bonchev–Trinajstić information content (AvgIpc) is 2.26. The van der Waals surface area contributed by atoms with Crippen LogP contribution in [0, 0.1) is 0 Å². The van der Waals surface area contributed by atoms with E-state index in [1.165, 1.54) is 25.7 Å². The first-order chi connectivity index (χ1) is 7.33. The monoisotopic (exact) mass is 216 g/mol. The van der Waals surface area contributed by atoms with Gasteiger partial charge in [0.05, 0.1) is 0 Å². The number of rotatable bonds is 7. The van der Waals surface area contributed by atoms with Crippen LogP contribution in [-0.2, 0) is 0 Å². The first-order valence-electron chi connectivity index (χ1n) is 6.39. The lowest BCUT2D eigenvalue weighted by atomic mass is 10.1. The molecular formula is C12H25FN2. The predicted octanol–water partition coefficient (Wildman–Crippen LogP) is 2.33. The van der Waals surface area contributed by atoms with E-state index in [0.717, 1.165) is 45.4 Å². The maximum atomic E-state index is 12.8. The summed E-state index contributed by atoms with van der Waals surface area (Å²) >= 11 is 0. The number of unbranched alkanes of at least 4 members (excludes halogenated alkanes) is 4. The minimum absolute atomic E-state index is 0.536. The first kappa shape index (κ1) is 12.9. The van der Waals surface area contributed by atoms with Crippen molar-refractivity contribution in [1.82, 2.24) is 4.90 Å². The summed E-state index contributed by atoms with van der Waals surface area (Å²) in [5, 5.41) is 0. The molecule has 3 heteroatoms. The van der Waals surface area contributed by atoms with Crippen molar-refractivity contribution in [2.45, 2.75) is 51.1 Å². The second kappa shape index (κ2) is 8.05. The zero-order valence-corrected chi connectivity index (χ0v) is 9.76. The molecule has 0 bridgehead atoms. The third-order valence-corrected chi connectivity index (χ3v) is 3.20. The molecule has 1 heterocycles. The third-order valence-electron chi connectivity index (χ3n) is 3.20. The molecule has 90 valence electrons. The molecule has 0 unspecified atom stereocenters. The SMILES string of the molecule is NCCCCCCCN1CCC(F)CC1. The maximum Gasteiger partial charge on any atom is 0.103 e. The fourth-order valence-corrected chi connectivity index (χ4v) is 2.14. The predicted molar refractivity (Wildman–Crippen MR) is 62.7 cm³/mol. The Bertz CT molecular complexity index is 145. The molecule has 1 rings (SSSR count). The van der Waals surface area contributed by atoms with Gasteiger partial charge in [-0.1, -0.05) is 19.3 Å². The Labute approximate surface area is 93.0 Å². The van der Waals surface area contributed by atoms with E-state index < -0.39 is 6.17 Å². The van der Waals surface area contributed by atoms with Gasteiger partial charge in [-0.2, -0.15) is 0 Å². The fraction of sp³-hybridized carbons (Fsp3) is 1.00. The Hall–Kier alpha value is -0.150. The molecule has 0 atom stereocenters. The van der Waals surface area contributed by atoms with E-state index in [4.69, 9.17) is 5.73 Å². The van der Waals surface area contributed by atoms with Crippen LogP contribution in [0.25, 0.3) is 0 Å². The van der Waals surface area contributed by atoms with Crippen LogP contribution in [0.4, 0.5) is 4.39 Å². The van der Waals surface area contributed by atoms with Gasteiger partial charge < -0.3 is 10.6 Å². The highest BCUT2D eigenvalue weighted by atomic mass is 19.1. The number of hydrogen-bond donors (Lipinski definition) is 1. The topological polar surface area (TPSA) is 29.3 Å². The van der Waals surface area contributed by atoms with Crippen LogP contribution >= 0.6 is 0 Å². The summed E-state index contributed by atoms with van der Waals surface area (Å²) in [4.78, 5) is 2.40. The summed E-state index contributed by atoms with van der Waals surface area (Å²) in [5.74, 6) is 0. The average molecular weight is 216 g/mol. The molecule has 2 nitrogen and oxygen atoms in total. The van der Waals surface area contributed by atoms with Gasteiger partial charge in [0, 0.05) is 13.1 Å². The van der Waals surface area contributed by atoms with E-state index in [9.17, 15) is 4.39 Å². The van der Waals surface area contributed by atoms with E-state index in [1.54, 1.807) is 0 Å². The number of nitrogens with zero attached hydrogens (tertiary/aromatic N) is 1. The highest BCUT2D eigenvalue weighted by Crippen LogP contribution is 2.14. The Morgan fingerprint density at radius 2 is 1.60 bits per heavy atom. The second-order valence-corrected chi connectivity index (χ2v) is 4.57. The summed E-state index contributed by atoms with van der Waals surface area (Å²) in [5.41, 5.74) is 5.43. The van der Waals surface area contributed by atoms with Gasteiger partial charge in [-0.25, -0.2) is 4.39 Å². The molecule has 1 aliphatic heterocycles. The van der Waals surface area contributed by atoms with Crippen molar-refractivity contribution in [1.29, 1.82) is 0 Å². The minimum atomic E-state index is -0.536. The van der Waals surface area contributed by atoms with Gasteiger partial charge >= 0.3 is 0 Å². The van der Waals surface area contributed by atoms with E-state index in [1.807, 2.05) is 0 Å². The summed E-state index contributed by atoms with van der Waals surface area (Å²) in [6.45, 7) is 3.91. The summed E-state index contributed by atoms with van der Waals surface area (Å²) in [6, 6.07) is 0. The van der Waals surface area contributed by atoms with Crippen LogP contribution in [0.3, 0.4) is 0 Å². The van der Waals surface area contributed by atoms with Crippen molar-refractivity contribution in [3.8, 4) is 0 Å². The Kier molecular flexibility index (Phi) is 6.94. The van der Waals surface area contributed by atoms with Crippen LogP contribution in [0.5, 0.6) is 0 Å². The van der Waals surface area contributed by atoms with Crippen molar-refractivity contribution in [2.24, 2.45) is 5.73 Å². The highest BCUT2D eigenvalue weighted by molar-refractivity contribution is 4.71. The highest BCUT2D eigenvalue weighted by Gasteiger charge is 2.17. The molecule has 0 spiro atoms. The van der Waals surface area contributed by atoms with Crippen LogP contribution < -0.4 is 5.73 Å². The molecular weight excluding hydrogens is 191 g/mol. The normalized spacial score (nSPS) is 19.6. The molecule has 0 amide bonds. The summed E-state index contributed by atoms with van der Waals surface area (Å²) in [7, 11) is 0. The fourth-order valence-electron chi connectivity index (χ4n) is 2.14. The van der Waals surface area contributed by atoms with Gasteiger partial charge in [-0.05, 0) is 38.8 Å². The first-order valence-corrected chi connectivity index (χ1v) is 6.39. The second-order valence-electron chi connectivity index (χ2n) is 4.57. The van der Waals surface area contributed by atoms with Gasteiger partial charge in [0.15, 0.2) is 0 Å². The molecule has 1 aliphatic rings. The lowest BCUT2D eigenvalue weighted by Crippen LogP contribution is -2.35. The Morgan fingerprint density at radius 1 is 1.00 bits per heavy atom. The van der Waals surface area contributed by atoms with Crippen molar-refractivity contribution in [3.05, 3.63) is 0 Å². The largest absolute Gasteiger partial charge is 0.330 e. The van der Waals surface area contributed by atoms with Crippen LogP contribution in [0.2, 0.25) is 0 Å². The maximum absolute atomic E-state index is 12.8. The zero-order chi connectivity index (χ0) is 10.9. The molecule has 0 aromatic heterocycles. The zero-order valence-electron chi connectivity index (χ0n) is 9.76. The van der Waals surface area contributed by atoms with Gasteiger partial charge in [0.2, 0.25) is 0 Å². The standard InChI is InChI=1S/C12H25FN2/c13-12-6-10-15(11-7-12)9-5-3-1-2-4-8-14/h12H,1-11,14H2. The molecule has 1 saturated heterocycles. The van der Waals surface area contributed by atoms with Crippen LogP contribution in [0.1, 0.15) is 44.9 Å². The van der Waals surface area contributed by atoms with Gasteiger partial charge in [0.1, 0.15) is 6.17 Å². The van der Waals surface area contributed by atoms with E-state index in [0.29, 0.717) is 0 Å². The van der Waals surface area contributed by atoms with E-state index >= 15 is 0 Å². The number of hydrogen-bond acceptors (Lipinski definition) is 2. The van der Waals surface area contributed by atoms with Crippen LogP contribution in [0.15, 0.2) is 0 Å². The van der Waals surface area contributed by atoms with Crippen molar-refractivity contribution >= 4 is 0 Å². The quantitative estimate of drug-likeness (QED) is 0.662. The summed E-state index contributed by atoms with van der Waals surface area (Å²) in [6.07, 6.45) is 7.25. The lowest BCUT2D eigenvalue weighted by molar-refractivity contribution is 0.149. The molecule has 2 N–H and O–H groups in total.